The highest BCUT2D eigenvalue weighted by Gasteiger charge is 2.07. The van der Waals surface area contributed by atoms with E-state index in [0.717, 1.165) is 13.2 Å². The molecule has 0 aromatic carbocycles. The van der Waals surface area contributed by atoms with Crippen molar-refractivity contribution in [3.8, 4) is 0 Å². The van der Waals surface area contributed by atoms with Gasteiger partial charge in [-0.25, -0.2) is 0 Å². The van der Waals surface area contributed by atoms with Crippen molar-refractivity contribution < 1.29 is 4.74 Å². The van der Waals surface area contributed by atoms with Gasteiger partial charge in [0.15, 0.2) is 0 Å². The van der Waals surface area contributed by atoms with Crippen molar-refractivity contribution in [3.63, 3.8) is 0 Å². The molecule has 1 aromatic rings. The number of hydrogen-bond donors (Lipinski definition) is 1. The monoisotopic (exact) mass is 199 g/mol. The van der Waals surface area contributed by atoms with E-state index in [0.29, 0.717) is 0 Å². The second kappa shape index (κ2) is 6.13. The number of aryl methyl sites for hydroxylation is 1. The van der Waals surface area contributed by atoms with Gasteiger partial charge in [-0.1, -0.05) is 0 Å². The summed E-state index contributed by atoms with van der Waals surface area (Å²) in [7, 11) is 3.75. The highest BCUT2D eigenvalue weighted by atomic mass is 32.1. The second-order valence-electron chi connectivity index (χ2n) is 3.03. The van der Waals surface area contributed by atoms with Gasteiger partial charge in [0.2, 0.25) is 0 Å². The highest BCUT2D eigenvalue weighted by Crippen LogP contribution is 2.21. The summed E-state index contributed by atoms with van der Waals surface area (Å²) in [5, 5.41) is 4.90. The summed E-state index contributed by atoms with van der Waals surface area (Å²) < 4.78 is 5.39. The van der Waals surface area contributed by atoms with Crippen LogP contribution in [0.15, 0.2) is 11.4 Å². The standard InChI is InChI=1S/C8H10OS.C2H7N/c1-2-8-7(3-5-10-8)6-9-4-1;1-3-2/h3,5H,1-2,4,6H2;3H,1-2H3. The molecular weight excluding hydrogens is 182 g/mol. The first-order valence-electron chi connectivity index (χ1n) is 4.60. The van der Waals surface area contributed by atoms with Crippen LogP contribution in [0.2, 0.25) is 0 Å². The van der Waals surface area contributed by atoms with Crippen molar-refractivity contribution in [2.24, 2.45) is 0 Å². The molecule has 3 heteroatoms. The first-order valence-corrected chi connectivity index (χ1v) is 5.48. The topological polar surface area (TPSA) is 21.3 Å². The molecule has 2 nitrogen and oxygen atoms in total. The number of nitrogens with one attached hydrogen (secondary N) is 1. The predicted molar refractivity (Wildman–Crippen MR) is 57.3 cm³/mol. The molecule has 0 spiro atoms. The van der Waals surface area contributed by atoms with Crippen molar-refractivity contribution in [1.29, 1.82) is 0 Å². The minimum atomic E-state index is 0.832. The van der Waals surface area contributed by atoms with Crippen LogP contribution in [0.5, 0.6) is 0 Å². The van der Waals surface area contributed by atoms with E-state index in [9.17, 15) is 0 Å². The van der Waals surface area contributed by atoms with Crippen LogP contribution in [-0.2, 0) is 17.8 Å². The molecule has 0 fully saturated rings. The third-order valence-electron chi connectivity index (χ3n) is 1.79. The zero-order valence-electron chi connectivity index (χ0n) is 8.30. The molecule has 1 aliphatic heterocycles. The Kier molecular flexibility index (Phi) is 5.05. The maximum atomic E-state index is 5.39. The number of fused-ring (bicyclic) bond motifs is 1. The van der Waals surface area contributed by atoms with Crippen molar-refractivity contribution in [2.75, 3.05) is 20.7 Å². The van der Waals surface area contributed by atoms with Crippen molar-refractivity contribution >= 4 is 11.3 Å². The lowest BCUT2D eigenvalue weighted by molar-refractivity contribution is 0.125. The Labute approximate surface area is 83.9 Å². The number of thiophene rings is 1. The van der Waals surface area contributed by atoms with E-state index >= 15 is 0 Å². The Balaban J connectivity index is 0.000000251. The van der Waals surface area contributed by atoms with E-state index in [2.05, 4.69) is 16.8 Å². The van der Waals surface area contributed by atoms with Gasteiger partial charge in [-0.05, 0) is 43.9 Å². The van der Waals surface area contributed by atoms with Crippen LogP contribution in [0, 0.1) is 0 Å². The molecule has 1 aromatic heterocycles. The van der Waals surface area contributed by atoms with Crippen LogP contribution < -0.4 is 5.32 Å². The SMILES string of the molecule is CNC.c1cc2c(s1)CCCOC2. The number of rotatable bonds is 0. The van der Waals surface area contributed by atoms with Crippen LogP contribution in [0.4, 0.5) is 0 Å². The van der Waals surface area contributed by atoms with Gasteiger partial charge in [-0.3, -0.25) is 0 Å². The van der Waals surface area contributed by atoms with Crippen LogP contribution in [0.25, 0.3) is 0 Å². The largest absolute Gasteiger partial charge is 0.377 e. The third-order valence-corrected chi connectivity index (χ3v) is 2.81. The Bertz CT molecular complexity index is 214. The Hall–Kier alpha value is -0.380. The van der Waals surface area contributed by atoms with Crippen molar-refractivity contribution in [1.82, 2.24) is 5.32 Å². The van der Waals surface area contributed by atoms with Crippen molar-refractivity contribution in [3.05, 3.63) is 21.9 Å². The van der Waals surface area contributed by atoms with E-state index in [1.807, 2.05) is 25.4 Å². The molecule has 0 bridgehead atoms. The molecule has 2 heterocycles. The molecule has 74 valence electrons. The summed E-state index contributed by atoms with van der Waals surface area (Å²) in [6.07, 6.45) is 2.40. The molecule has 0 saturated carbocycles. The summed E-state index contributed by atoms with van der Waals surface area (Å²) in [5.41, 5.74) is 1.41. The van der Waals surface area contributed by atoms with Crippen LogP contribution >= 0.6 is 11.3 Å². The fraction of sp³-hybridized carbons (Fsp3) is 0.600. The zero-order chi connectivity index (χ0) is 9.52. The maximum absolute atomic E-state index is 5.39. The summed E-state index contributed by atoms with van der Waals surface area (Å²) in [6.45, 7) is 1.76. The molecular formula is C10H17NOS. The van der Waals surface area contributed by atoms with Gasteiger partial charge in [0.05, 0.1) is 6.61 Å². The normalized spacial score (nSPS) is 15.2. The summed E-state index contributed by atoms with van der Waals surface area (Å²) >= 11 is 1.86. The molecule has 1 N–H and O–H groups in total. The van der Waals surface area contributed by atoms with Crippen LogP contribution in [0.3, 0.4) is 0 Å². The molecule has 2 rings (SSSR count). The Morgan fingerprint density at radius 2 is 2.23 bits per heavy atom. The van der Waals surface area contributed by atoms with E-state index in [-0.39, 0.29) is 0 Å². The lowest BCUT2D eigenvalue weighted by Gasteiger charge is -1.94. The van der Waals surface area contributed by atoms with Crippen LogP contribution in [0.1, 0.15) is 16.9 Å². The molecule has 13 heavy (non-hydrogen) atoms. The fourth-order valence-electron chi connectivity index (χ4n) is 1.23. The molecule has 0 amide bonds. The lowest BCUT2D eigenvalue weighted by Crippen LogP contribution is -1.89. The second-order valence-corrected chi connectivity index (χ2v) is 4.03. The lowest BCUT2D eigenvalue weighted by atomic mass is 10.2. The van der Waals surface area contributed by atoms with E-state index in [1.54, 1.807) is 0 Å². The average Bonchev–Trinajstić information content (AvgIpc) is 2.44. The minimum Gasteiger partial charge on any atom is -0.377 e. The Morgan fingerprint density at radius 3 is 3.00 bits per heavy atom. The molecule has 0 saturated heterocycles. The molecule has 0 radical (unpaired) electrons. The van der Waals surface area contributed by atoms with E-state index in [4.69, 9.17) is 4.74 Å². The number of ether oxygens (including phenoxy) is 1. The molecule has 0 aliphatic carbocycles. The van der Waals surface area contributed by atoms with Crippen molar-refractivity contribution in [2.45, 2.75) is 19.4 Å². The summed E-state index contributed by atoms with van der Waals surface area (Å²) in [6, 6.07) is 2.17. The first-order chi connectivity index (χ1) is 6.38. The highest BCUT2D eigenvalue weighted by molar-refractivity contribution is 7.10. The first kappa shape index (κ1) is 10.7. The van der Waals surface area contributed by atoms with Gasteiger partial charge in [0.1, 0.15) is 0 Å². The summed E-state index contributed by atoms with van der Waals surface area (Å²) in [4.78, 5) is 1.53. The van der Waals surface area contributed by atoms with Gasteiger partial charge in [-0.15, -0.1) is 11.3 Å². The average molecular weight is 199 g/mol. The van der Waals surface area contributed by atoms with Gasteiger partial charge in [0.25, 0.3) is 0 Å². The minimum absolute atomic E-state index is 0.832. The quantitative estimate of drug-likeness (QED) is 0.690. The molecule has 0 unspecified atom stereocenters. The Morgan fingerprint density at radius 1 is 1.46 bits per heavy atom. The van der Waals surface area contributed by atoms with Gasteiger partial charge in [-0.2, -0.15) is 0 Å². The van der Waals surface area contributed by atoms with Gasteiger partial charge >= 0.3 is 0 Å². The maximum Gasteiger partial charge on any atom is 0.0727 e. The van der Waals surface area contributed by atoms with Crippen LogP contribution in [-0.4, -0.2) is 20.7 Å². The predicted octanol–water partition coefficient (Wildman–Crippen LogP) is 2.05. The zero-order valence-corrected chi connectivity index (χ0v) is 9.12. The summed E-state index contributed by atoms with van der Waals surface area (Å²) in [5.74, 6) is 0. The molecule has 1 aliphatic rings. The smallest absolute Gasteiger partial charge is 0.0727 e. The third kappa shape index (κ3) is 3.46. The fourth-order valence-corrected chi connectivity index (χ4v) is 2.17. The van der Waals surface area contributed by atoms with E-state index in [1.165, 1.54) is 23.3 Å². The van der Waals surface area contributed by atoms with Gasteiger partial charge < -0.3 is 10.1 Å². The molecule has 0 atom stereocenters. The van der Waals surface area contributed by atoms with Gasteiger partial charge in [0, 0.05) is 11.5 Å². The number of hydrogen-bond acceptors (Lipinski definition) is 3. The van der Waals surface area contributed by atoms with E-state index < -0.39 is 0 Å².